The van der Waals surface area contributed by atoms with Crippen LogP contribution in [0.3, 0.4) is 0 Å². The van der Waals surface area contributed by atoms with Gasteiger partial charge < -0.3 is 14.7 Å². The maximum absolute atomic E-state index is 11.2. The van der Waals surface area contributed by atoms with Crippen molar-refractivity contribution >= 4 is 11.7 Å². The van der Waals surface area contributed by atoms with Gasteiger partial charge in [-0.25, -0.2) is 4.79 Å². The van der Waals surface area contributed by atoms with E-state index in [2.05, 4.69) is 4.74 Å². The van der Waals surface area contributed by atoms with Crippen molar-refractivity contribution in [1.82, 2.24) is 0 Å². The Labute approximate surface area is 81.7 Å². The Morgan fingerprint density at radius 1 is 1.50 bits per heavy atom. The SMILES string of the molecule is COC(=O)c1cccc(N2CC2)c1O. The molecule has 1 heterocycles. The molecule has 2 rings (SSSR count). The topological polar surface area (TPSA) is 49.5 Å². The van der Waals surface area contributed by atoms with Gasteiger partial charge in [-0.15, -0.1) is 0 Å². The third-order valence-corrected chi connectivity index (χ3v) is 2.21. The Morgan fingerprint density at radius 3 is 2.79 bits per heavy atom. The first-order chi connectivity index (χ1) is 6.74. The molecule has 1 saturated heterocycles. The first-order valence-electron chi connectivity index (χ1n) is 4.39. The maximum atomic E-state index is 11.2. The molecule has 0 bridgehead atoms. The zero-order valence-electron chi connectivity index (χ0n) is 7.86. The van der Waals surface area contributed by atoms with Crippen LogP contribution in [-0.4, -0.2) is 31.3 Å². The molecule has 0 atom stereocenters. The molecule has 1 aromatic carbocycles. The Bertz CT molecular complexity index is 372. The van der Waals surface area contributed by atoms with Crippen LogP contribution in [0.4, 0.5) is 5.69 Å². The molecule has 0 saturated carbocycles. The summed E-state index contributed by atoms with van der Waals surface area (Å²) in [5, 5.41) is 9.76. The van der Waals surface area contributed by atoms with Crippen molar-refractivity contribution in [2.24, 2.45) is 0 Å². The molecule has 0 unspecified atom stereocenters. The molecule has 0 amide bonds. The van der Waals surface area contributed by atoms with Crippen molar-refractivity contribution in [3.63, 3.8) is 0 Å². The first-order valence-corrected chi connectivity index (χ1v) is 4.39. The van der Waals surface area contributed by atoms with Crippen LogP contribution >= 0.6 is 0 Å². The molecule has 0 radical (unpaired) electrons. The summed E-state index contributed by atoms with van der Waals surface area (Å²) >= 11 is 0. The number of nitrogens with zero attached hydrogens (tertiary/aromatic N) is 1. The zero-order valence-corrected chi connectivity index (χ0v) is 7.86. The van der Waals surface area contributed by atoms with Crippen LogP contribution in [0.5, 0.6) is 5.75 Å². The standard InChI is InChI=1S/C10H11NO3/c1-14-10(13)7-3-2-4-8(9(7)12)11-5-6-11/h2-4,12H,5-6H2,1H3. The van der Waals surface area contributed by atoms with Crippen LogP contribution in [0.15, 0.2) is 18.2 Å². The summed E-state index contributed by atoms with van der Waals surface area (Å²) in [5.41, 5.74) is 0.921. The quantitative estimate of drug-likeness (QED) is 0.562. The van der Waals surface area contributed by atoms with Gasteiger partial charge in [-0.05, 0) is 12.1 Å². The van der Waals surface area contributed by atoms with Crippen LogP contribution in [0.2, 0.25) is 0 Å². The molecule has 1 aliphatic heterocycles. The number of phenolic OH excluding ortho intramolecular Hbond substituents is 1. The van der Waals surface area contributed by atoms with E-state index in [0.717, 1.165) is 13.1 Å². The van der Waals surface area contributed by atoms with E-state index in [4.69, 9.17) is 0 Å². The van der Waals surface area contributed by atoms with Crippen molar-refractivity contribution in [1.29, 1.82) is 0 Å². The lowest BCUT2D eigenvalue weighted by atomic mass is 10.1. The number of methoxy groups -OCH3 is 1. The first kappa shape index (κ1) is 8.87. The number of rotatable bonds is 2. The van der Waals surface area contributed by atoms with Gasteiger partial charge in [0, 0.05) is 13.1 Å². The van der Waals surface area contributed by atoms with E-state index in [-0.39, 0.29) is 11.3 Å². The lowest BCUT2D eigenvalue weighted by Gasteiger charge is -2.08. The minimum absolute atomic E-state index is 0.0110. The van der Waals surface area contributed by atoms with Crippen LogP contribution < -0.4 is 4.90 Å². The Balaban J connectivity index is 2.40. The number of carbonyl (C=O) groups excluding carboxylic acids is 1. The van der Waals surface area contributed by atoms with Gasteiger partial charge in [0.25, 0.3) is 0 Å². The summed E-state index contributed by atoms with van der Waals surface area (Å²) in [6.07, 6.45) is 0. The lowest BCUT2D eigenvalue weighted by Crippen LogP contribution is -2.03. The van der Waals surface area contributed by atoms with E-state index >= 15 is 0 Å². The summed E-state index contributed by atoms with van der Waals surface area (Å²) in [4.78, 5) is 13.2. The zero-order chi connectivity index (χ0) is 10.1. The average molecular weight is 193 g/mol. The number of esters is 1. The predicted molar refractivity (Wildman–Crippen MR) is 51.7 cm³/mol. The van der Waals surface area contributed by atoms with Gasteiger partial charge in [-0.1, -0.05) is 6.07 Å². The highest BCUT2D eigenvalue weighted by molar-refractivity contribution is 5.94. The molecule has 14 heavy (non-hydrogen) atoms. The second kappa shape index (κ2) is 3.21. The van der Waals surface area contributed by atoms with Crippen molar-refractivity contribution in [3.8, 4) is 5.75 Å². The second-order valence-electron chi connectivity index (χ2n) is 3.15. The molecule has 0 spiro atoms. The molecule has 4 heteroatoms. The van der Waals surface area contributed by atoms with E-state index in [1.165, 1.54) is 7.11 Å². The Morgan fingerprint density at radius 2 is 2.21 bits per heavy atom. The van der Waals surface area contributed by atoms with E-state index < -0.39 is 5.97 Å². The third-order valence-electron chi connectivity index (χ3n) is 2.21. The van der Waals surface area contributed by atoms with Gasteiger partial charge in [0.05, 0.1) is 12.8 Å². The molecule has 74 valence electrons. The number of anilines is 1. The molecule has 4 nitrogen and oxygen atoms in total. The molecule has 1 aromatic rings. The summed E-state index contributed by atoms with van der Waals surface area (Å²) in [7, 11) is 1.30. The largest absolute Gasteiger partial charge is 0.505 e. The third kappa shape index (κ3) is 1.39. The maximum Gasteiger partial charge on any atom is 0.341 e. The fourth-order valence-corrected chi connectivity index (χ4v) is 1.35. The van der Waals surface area contributed by atoms with Crippen molar-refractivity contribution < 1.29 is 14.6 Å². The number of para-hydroxylation sites is 1. The minimum Gasteiger partial charge on any atom is -0.505 e. The molecule has 1 aliphatic rings. The van der Waals surface area contributed by atoms with E-state index in [1.807, 2.05) is 4.90 Å². The summed E-state index contributed by atoms with van der Waals surface area (Å²) < 4.78 is 4.55. The summed E-state index contributed by atoms with van der Waals surface area (Å²) in [6.45, 7) is 1.86. The van der Waals surface area contributed by atoms with Crippen molar-refractivity contribution in [2.45, 2.75) is 0 Å². The number of phenols is 1. The molecule has 0 aromatic heterocycles. The highest BCUT2D eigenvalue weighted by Gasteiger charge is 2.24. The number of hydrogen-bond acceptors (Lipinski definition) is 4. The van der Waals surface area contributed by atoms with Crippen LogP contribution in [0.1, 0.15) is 10.4 Å². The van der Waals surface area contributed by atoms with E-state index in [0.29, 0.717) is 5.69 Å². The second-order valence-corrected chi connectivity index (χ2v) is 3.15. The monoisotopic (exact) mass is 193 g/mol. The number of carbonyl (C=O) groups is 1. The fraction of sp³-hybridized carbons (Fsp3) is 0.300. The average Bonchev–Trinajstić information content (AvgIpc) is 3.01. The Hall–Kier alpha value is -1.71. The number of benzene rings is 1. The molecular weight excluding hydrogens is 182 g/mol. The molecule has 0 aliphatic carbocycles. The van der Waals surface area contributed by atoms with Crippen LogP contribution in [0, 0.1) is 0 Å². The molecule has 1 fully saturated rings. The van der Waals surface area contributed by atoms with E-state index in [9.17, 15) is 9.90 Å². The van der Waals surface area contributed by atoms with Crippen molar-refractivity contribution in [3.05, 3.63) is 23.8 Å². The Kier molecular flexibility index (Phi) is 2.04. The smallest absolute Gasteiger partial charge is 0.341 e. The number of hydrogen-bond donors (Lipinski definition) is 1. The minimum atomic E-state index is -0.508. The van der Waals surface area contributed by atoms with Gasteiger partial charge in [-0.2, -0.15) is 0 Å². The number of ether oxygens (including phenoxy) is 1. The molecule has 1 N–H and O–H groups in total. The van der Waals surface area contributed by atoms with Crippen LogP contribution in [-0.2, 0) is 4.74 Å². The summed E-state index contributed by atoms with van der Waals surface area (Å²) in [5.74, 6) is -0.497. The predicted octanol–water partition coefficient (Wildman–Crippen LogP) is 0.999. The summed E-state index contributed by atoms with van der Waals surface area (Å²) in [6, 6.07) is 5.07. The van der Waals surface area contributed by atoms with Gasteiger partial charge in [0.15, 0.2) is 5.75 Å². The van der Waals surface area contributed by atoms with Gasteiger partial charge in [0.2, 0.25) is 0 Å². The normalized spacial score (nSPS) is 13.9. The number of aromatic hydroxyl groups is 1. The molecular formula is C10H11NO3. The van der Waals surface area contributed by atoms with Gasteiger partial charge in [0.1, 0.15) is 5.56 Å². The highest BCUT2D eigenvalue weighted by Crippen LogP contribution is 2.34. The van der Waals surface area contributed by atoms with E-state index in [1.54, 1.807) is 18.2 Å². The lowest BCUT2D eigenvalue weighted by molar-refractivity contribution is 0.0597. The fourth-order valence-electron chi connectivity index (χ4n) is 1.35. The van der Waals surface area contributed by atoms with Crippen LogP contribution in [0.25, 0.3) is 0 Å². The van der Waals surface area contributed by atoms with Gasteiger partial charge >= 0.3 is 5.97 Å². The van der Waals surface area contributed by atoms with Crippen molar-refractivity contribution in [2.75, 3.05) is 25.1 Å². The van der Waals surface area contributed by atoms with Gasteiger partial charge in [-0.3, -0.25) is 0 Å². The highest BCUT2D eigenvalue weighted by atomic mass is 16.5.